The molecule has 0 radical (unpaired) electrons. The molecule has 2 aromatic heterocycles. The SMILES string of the molecule is CN1CC=C(c2c[nH]cc2-c2ccnc(-c3ccc(F)cc3)c2)CC1. The van der Waals surface area contributed by atoms with E-state index in [1.54, 1.807) is 12.1 Å². The monoisotopic (exact) mass is 333 g/mol. The lowest BCUT2D eigenvalue weighted by Crippen LogP contribution is -2.23. The van der Waals surface area contributed by atoms with Gasteiger partial charge in [-0.05, 0) is 61.0 Å². The van der Waals surface area contributed by atoms with Crippen molar-refractivity contribution in [2.24, 2.45) is 0 Å². The second-order valence-corrected chi connectivity index (χ2v) is 6.46. The summed E-state index contributed by atoms with van der Waals surface area (Å²) in [6.07, 6.45) is 9.28. The summed E-state index contributed by atoms with van der Waals surface area (Å²) in [5.41, 5.74) is 6.70. The summed E-state index contributed by atoms with van der Waals surface area (Å²) in [6, 6.07) is 10.5. The molecule has 3 aromatic rings. The first-order chi connectivity index (χ1) is 12.2. The van der Waals surface area contributed by atoms with Gasteiger partial charge in [0.25, 0.3) is 0 Å². The van der Waals surface area contributed by atoms with Crippen molar-refractivity contribution in [3.63, 3.8) is 0 Å². The molecule has 0 amide bonds. The third-order valence-electron chi connectivity index (χ3n) is 4.71. The van der Waals surface area contributed by atoms with Crippen molar-refractivity contribution in [3.05, 3.63) is 72.4 Å². The van der Waals surface area contributed by atoms with E-state index in [-0.39, 0.29) is 5.82 Å². The van der Waals surface area contributed by atoms with E-state index in [2.05, 4.69) is 40.3 Å². The van der Waals surface area contributed by atoms with E-state index in [0.717, 1.165) is 36.3 Å². The van der Waals surface area contributed by atoms with Crippen molar-refractivity contribution in [2.45, 2.75) is 6.42 Å². The zero-order valence-electron chi connectivity index (χ0n) is 14.2. The molecule has 3 nitrogen and oxygen atoms in total. The van der Waals surface area contributed by atoms with Crippen LogP contribution in [0.15, 0.2) is 61.1 Å². The van der Waals surface area contributed by atoms with Crippen LogP contribution in [0.2, 0.25) is 0 Å². The standard InChI is InChI=1S/C21H20FN3/c1-25-10-7-15(8-11-25)19-13-23-14-20(19)17-6-9-24-21(12-17)16-2-4-18(22)5-3-16/h2-7,9,12-14,23H,8,10-11H2,1H3. The van der Waals surface area contributed by atoms with Crippen molar-refractivity contribution in [1.82, 2.24) is 14.9 Å². The second-order valence-electron chi connectivity index (χ2n) is 6.46. The molecular formula is C21H20FN3. The Bertz CT molecular complexity index is 909. The van der Waals surface area contributed by atoms with E-state index in [1.165, 1.54) is 28.8 Å². The van der Waals surface area contributed by atoms with Gasteiger partial charge in [-0.1, -0.05) is 6.08 Å². The highest BCUT2D eigenvalue weighted by Gasteiger charge is 2.15. The number of nitrogens with one attached hydrogen (secondary N) is 1. The van der Waals surface area contributed by atoms with Crippen LogP contribution in [-0.4, -0.2) is 35.0 Å². The van der Waals surface area contributed by atoms with Crippen LogP contribution in [0.3, 0.4) is 0 Å². The van der Waals surface area contributed by atoms with E-state index in [1.807, 2.05) is 18.5 Å². The van der Waals surface area contributed by atoms with E-state index in [0.29, 0.717) is 0 Å². The molecular weight excluding hydrogens is 313 g/mol. The van der Waals surface area contributed by atoms with Crippen molar-refractivity contribution >= 4 is 5.57 Å². The van der Waals surface area contributed by atoms with Gasteiger partial charge in [0, 0.05) is 48.4 Å². The van der Waals surface area contributed by atoms with Gasteiger partial charge in [0.05, 0.1) is 5.69 Å². The van der Waals surface area contributed by atoms with Crippen LogP contribution in [0.25, 0.3) is 28.0 Å². The minimum atomic E-state index is -0.234. The summed E-state index contributed by atoms with van der Waals surface area (Å²) in [4.78, 5) is 10.0. The number of nitrogens with zero attached hydrogens (tertiary/aromatic N) is 2. The molecule has 1 aromatic carbocycles. The summed E-state index contributed by atoms with van der Waals surface area (Å²) in [6.45, 7) is 2.06. The third kappa shape index (κ3) is 3.26. The minimum Gasteiger partial charge on any atom is -0.366 e. The zero-order chi connectivity index (χ0) is 17.2. The normalized spacial score (nSPS) is 15.2. The topological polar surface area (TPSA) is 31.9 Å². The van der Waals surface area contributed by atoms with Crippen LogP contribution < -0.4 is 0 Å². The summed E-state index contributed by atoms with van der Waals surface area (Å²) >= 11 is 0. The third-order valence-corrected chi connectivity index (χ3v) is 4.71. The molecule has 0 atom stereocenters. The molecule has 3 heterocycles. The average Bonchev–Trinajstić information content (AvgIpc) is 3.13. The predicted molar refractivity (Wildman–Crippen MR) is 99.5 cm³/mol. The van der Waals surface area contributed by atoms with Gasteiger partial charge in [0.1, 0.15) is 5.82 Å². The predicted octanol–water partition coefficient (Wildman–Crippen LogP) is 4.60. The number of likely N-dealkylation sites (N-methyl/N-ethyl adjacent to an activating group) is 1. The summed E-state index contributed by atoms with van der Waals surface area (Å²) in [7, 11) is 2.14. The first kappa shape index (κ1) is 15.8. The Balaban J connectivity index is 1.71. The maximum absolute atomic E-state index is 13.2. The first-order valence-electron chi connectivity index (χ1n) is 8.48. The molecule has 0 unspecified atom stereocenters. The summed E-state index contributed by atoms with van der Waals surface area (Å²) in [5, 5.41) is 0. The maximum atomic E-state index is 13.2. The van der Waals surface area contributed by atoms with Crippen molar-refractivity contribution in [3.8, 4) is 22.4 Å². The Hall–Kier alpha value is -2.72. The lowest BCUT2D eigenvalue weighted by atomic mass is 9.95. The number of benzene rings is 1. The van der Waals surface area contributed by atoms with Crippen LogP contribution in [0.1, 0.15) is 12.0 Å². The molecule has 0 saturated carbocycles. The van der Waals surface area contributed by atoms with Gasteiger partial charge in [-0.2, -0.15) is 0 Å². The van der Waals surface area contributed by atoms with Crippen LogP contribution in [0.5, 0.6) is 0 Å². The lowest BCUT2D eigenvalue weighted by molar-refractivity contribution is 0.370. The van der Waals surface area contributed by atoms with Gasteiger partial charge in [0.2, 0.25) is 0 Å². The van der Waals surface area contributed by atoms with E-state index in [4.69, 9.17) is 0 Å². The van der Waals surface area contributed by atoms with Crippen LogP contribution in [0, 0.1) is 5.82 Å². The number of halogens is 1. The highest BCUT2D eigenvalue weighted by molar-refractivity contribution is 5.82. The molecule has 4 rings (SSSR count). The van der Waals surface area contributed by atoms with Gasteiger partial charge >= 0.3 is 0 Å². The van der Waals surface area contributed by atoms with Crippen molar-refractivity contribution < 1.29 is 4.39 Å². The summed E-state index contributed by atoms with van der Waals surface area (Å²) in [5.74, 6) is -0.234. The Morgan fingerprint density at radius 3 is 2.60 bits per heavy atom. The number of aromatic amines is 1. The fourth-order valence-corrected chi connectivity index (χ4v) is 3.26. The molecule has 0 spiro atoms. The molecule has 1 N–H and O–H groups in total. The average molecular weight is 333 g/mol. The Morgan fingerprint density at radius 1 is 1.04 bits per heavy atom. The highest BCUT2D eigenvalue weighted by Crippen LogP contribution is 2.33. The Morgan fingerprint density at radius 2 is 1.84 bits per heavy atom. The van der Waals surface area contributed by atoms with Crippen LogP contribution in [-0.2, 0) is 0 Å². The quantitative estimate of drug-likeness (QED) is 0.759. The fraction of sp³-hybridized carbons (Fsp3) is 0.190. The highest BCUT2D eigenvalue weighted by atomic mass is 19.1. The zero-order valence-corrected chi connectivity index (χ0v) is 14.2. The van der Waals surface area contributed by atoms with E-state index in [9.17, 15) is 4.39 Å². The minimum absolute atomic E-state index is 0.234. The fourth-order valence-electron chi connectivity index (χ4n) is 3.26. The summed E-state index contributed by atoms with van der Waals surface area (Å²) < 4.78 is 13.2. The molecule has 0 aliphatic carbocycles. The largest absolute Gasteiger partial charge is 0.366 e. The van der Waals surface area contributed by atoms with Crippen molar-refractivity contribution in [2.75, 3.05) is 20.1 Å². The molecule has 4 heteroatoms. The second kappa shape index (κ2) is 6.65. The van der Waals surface area contributed by atoms with E-state index < -0.39 is 0 Å². The lowest BCUT2D eigenvalue weighted by Gasteiger charge is -2.22. The van der Waals surface area contributed by atoms with Gasteiger partial charge in [-0.3, -0.25) is 4.98 Å². The number of hydrogen-bond acceptors (Lipinski definition) is 2. The number of pyridine rings is 1. The number of rotatable bonds is 3. The van der Waals surface area contributed by atoms with Crippen molar-refractivity contribution in [1.29, 1.82) is 0 Å². The first-order valence-corrected chi connectivity index (χ1v) is 8.48. The molecule has 126 valence electrons. The molecule has 0 fully saturated rings. The molecule has 1 aliphatic rings. The molecule has 25 heavy (non-hydrogen) atoms. The number of aromatic nitrogens is 2. The van der Waals surface area contributed by atoms with Gasteiger partial charge in [-0.25, -0.2) is 4.39 Å². The molecule has 1 aliphatic heterocycles. The number of hydrogen-bond donors (Lipinski definition) is 1. The number of H-pyrrole nitrogens is 1. The van der Waals surface area contributed by atoms with Gasteiger partial charge in [0.15, 0.2) is 0 Å². The molecule has 0 bridgehead atoms. The smallest absolute Gasteiger partial charge is 0.123 e. The van der Waals surface area contributed by atoms with Gasteiger partial charge in [-0.15, -0.1) is 0 Å². The molecule has 0 saturated heterocycles. The Kier molecular flexibility index (Phi) is 4.20. The maximum Gasteiger partial charge on any atom is 0.123 e. The van der Waals surface area contributed by atoms with Crippen LogP contribution in [0.4, 0.5) is 4.39 Å². The van der Waals surface area contributed by atoms with Gasteiger partial charge < -0.3 is 9.88 Å². The van der Waals surface area contributed by atoms with Crippen LogP contribution >= 0.6 is 0 Å². The Labute approximate surface area is 146 Å². The van der Waals surface area contributed by atoms with E-state index >= 15 is 0 Å².